The Bertz CT molecular complexity index is 1060. The van der Waals surface area contributed by atoms with Crippen LogP contribution in [-0.4, -0.2) is 43.2 Å². The van der Waals surface area contributed by atoms with Crippen LogP contribution in [-0.2, 0) is 23.9 Å². The Morgan fingerprint density at radius 3 is 2.55 bits per heavy atom. The zero-order valence-corrected chi connectivity index (χ0v) is 20.9. The summed E-state index contributed by atoms with van der Waals surface area (Å²) in [5, 5.41) is 13.6. The van der Waals surface area contributed by atoms with E-state index in [1.54, 1.807) is 32.9 Å². The average Bonchev–Trinajstić information content (AvgIpc) is 2.75. The van der Waals surface area contributed by atoms with Crippen molar-refractivity contribution in [3.8, 4) is 11.5 Å². The summed E-state index contributed by atoms with van der Waals surface area (Å²) in [4.78, 5) is 39.2. The number of phenols is 1. The Morgan fingerprint density at radius 1 is 1.24 bits per heavy atom. The van der Waals surface area contributed by atoms with Crippen LogP contribution in [0.5, 0.6) is 11.5 Å². The first kappa shape index (κ1) is 24.8. The lowest BCUT2D eigenvalue weighted by atomic mass is 9.69. The van der Waals surface area contributed by atoms with Gasteiger partial charge in [-0.15, -0.1) is 0 Å². The third-order valence-electron chi connectivity index (χ3n) is 5.92. The molecule has 0 saturated carbocycles. The molecule has 1 aliphatic heterocycles. The molecule has 0 fully saturated rings. The zero-order valence-electron chi connectivity index (χ0n) is 19.3. The van der Waals surface area contributed by atoms with E-state index in [4.69, 9.17) is 14.2 Å². The first-order valence-corrected chi connectivity index (χ1v) is 11.6. The molecular weight excluding hydrogens is 494 g/mol. The number of methoxy groups -OCH3 is 1. The summed E-state index contributed by atoms with van der Waals surface area (Å²) in [6.07, 6.45) is 0.433. The van der Waals surface area contributed by atoms with E-state index in [1.165, 1.54) is 7.11 Å². The molecule has 2 aliphatic rings. The van der Waals surface area contributed by atoms with Crippen LogP contribution in [0.15, 0.2) is 39.1 Å². The number of esters is 2. The molecule has 0 amide bonds. The summed E-state index contributed by atoms with van der Waals surface area (Å²) in [6, 6.07) is 3.25. The number of benzene rings is 1. The van der Waals surface area contributed by atoms with Crippen LogP contribution < -0.4 is 10.1 Å². The molecule has 1 aliphatic carbocycles. The number of ketones is 1. The largest absolute Gasteiger partial charge is 0.503 e. The van der Waals surface area contributed by atoms with Gasteiger partial charge in [0.1, 0.15) is 5.92 Å². The third-order valence-corrected chi connectivity index (χ3v) is 6.53. The van der Waals surface area contributed by atoms with E-state index >= 15 is 0 Å². The average molecular weight is 522 g/mol. The monoisotopic (exact) mass is 521 g/mol. The fourth-order valence-electron chi connectivity index (χ4n) is 4.52. The number of hydrogen-bond donors (Lipinski definition) is 2. The summed E-state index contributed by atoms with van der Waals surface area (Å²) in [6.45, 7) is 7.53. The standard InChI is InChI=1S/C24H28BrNO7/c1-6-32-16-10-13(9-14(25)21(16)27)19-18(24(30)33-7-2)12(4)26-15-8-11(3)17(23(29)31-5)22(28)20(15)19/h9-11,17,19,26-27H,6-8H2,1-5H3/t11-,17+,19-/m1/s1. The molecule has 2 N–H and O–H groups in total. The van der Waals surface area contributed by atoms with Crippen molar-refractivity contribution in [3.05, 3.63) is 44.7 Å². The van der Waals surface area contributed by atoms with Crippen molar-refractivity contribution < 1.29 is 33.7 Å². The first-order valence-electron chi connectivity index (χ1n) is 10.8. The normalized spacial score (nSPS) is 22.5. The minimum absolute atomic E-state index is 0.0850. The number of carbonyl (C=O) groups excluding carboxylic acids is 3. The van der Waals surface area contributed by atoms with Crippen molar-refractivity contribution in [1.29, 1.82) is 0 Å². The lowest BCUT2D eigenvalue weighted by Gasteiger charge is -2.38. The summed E-state index contributed by atoms with van der Waals surface area (Å²) >= 11 is 3.34. The number of Topliss-reactive ketones (excluding diaryl/α,β-unsaturated/α-hetero) is 1. The van der Waals surface area contributed by atoms with E-state index in [9.17, 15) is 19.5 Å². The lowest BCUT2D eigenvalue weighted by Crippen LogP contribution is -2.43. The molecule has 8 nitrogen and oxygen atoms in total. The highest BCUT2D eigenvalue weighted by molar-refractivity contribution is 9.10. The van der Waals surface area contributed by atoms with E-state index in [2.05, 4.69) is 21.2 Å². The summed E-state index contributed by atoms with van der Waals surface area (Å²) < 4.78 is 16.1. The number of hydrogen-bond acceptors (Lipinski definition) is 8. The molecule has 0 unspecified atom stereocenters. The van der Waals surface area contributed by atoms with Gasteiger partial charge >= 0.3 is 11.9 Å². The fourth-order valence-corrected chi connectivity index (χ4v) is 4.98. The van der Waals surface area contributed by atoms with Crippen LogP contribution in [0.1, 0.15) is 45.6 Å². The topological polar surface area (TPSA) is 111 Å². The molecule has 0 aromatic heterocycles. The Kier molecular flexibility index (Phi) is 7.51. The van der Waals surface area contributed by atoms with Crippen molar-refractivity contribution in [2.75, 3.05) is 20.3 Å². The molecule has 0 bridgehead atoms. The van der Waals surface area contributed by atoms with Gasteiger partial charge in [-0.05, 0) is 66.7 Å². The molecule has 1 aromatic rings. The van der Waals surface area contributed by atoms with Gasteiger partial charge in [0.25, 0.3) is 0 Å². The number of halogens is 1. The van der Waals surface area contributed by atoms with Crippen LogP contribution in [0.3, 0.4) is 0 Å². The zero-order chi connectivity index (χ0) is 24.4. The highest BCUT2D eigenvalue weighted by atomic mass is 79.9. The number of dihydropyridines is 1. The molecule has 1 heterocycles. The van der Waals surface area contributed by atoms with Gasteiger partial charge < -0.3 is 24.6 Å². The van der Waals surface area contributed by atoms with Gasteiger partial charge in [-0.2, -0.15) is 0 Å². The predicted octanol–water partition coefficient (Wildman–Crippen LogP) is 3.73. The maximum atomic E-state index is 13.7. The Labute approximate surface area is 201 Å². The number of ether oxygens (including phenoxy) is 3. The molecule has 0 saturated heterocycles. The minimum atomic E-state index is -0.980. The van der Waals surface area contributed by atoms with Crippen molar-refractivity contribution in [2.45, 2.75) is 40.0 Å². The highest BCUT2D eigenvalue weighted by Crippen LogP contribution is 2.48. The number of aromatic hydroxyl groups is 1. The van der Waals surface area contributed by atoms with Gasteiger partial charge in [-0.25, -0.2) is 4.79 Å². The third kappa shape index (κ3) is 4.51. The highest BCUT2D eigenvalue weighted by Gasteiger charge is 2.47. The van der Waals surface area contributed by atoms with Crippen molar-refractivity contribution in [3.63, 3.8) is 0 Å². The van der Waals surface area contributed by atoms with Crippen LogP contribution >= 0.6 is 15.9 Å². The molecule has 9 heteroatoms. The lowest BCUT2D eigenvalue weighted by molar-refractivity contribution is -0.151. The van der Waals surface area contributed by atoms with Crippen LogP contribution in [0.4, 0.5) is 0 Å². The molecule has 1 aromatic carbocycles. The minimum Gasteiger partial charge on any atom is -0.503 e. The SMILES string of the molecule is CCOC(=O)C1=C(C)NC2=C(C(=O)[C@@H](C(=O)OC)[C@H](C)C2)[C@@H]1c1cc(Br)c(O)c(OCC)c1. The van der Waals surface area contributed by atoms with E-state index in [-0.39, 0.29) is 29.6 Å². The summed E-state index contributed by atoms with van der Waals surface area (Å²) in [7, 11) is 1.25. The van der Waals surface area contributed by atoms with E-state index in [1.807, 2.05) is 6.92 Å². The van der Waals surface area contributed by atoms with Crippen LogP contribution in [0.2, 0.25) is 0 Å². The van der Waals surface area contributed by atoms with Gasteiger partial charge in [0.05, 0.1) is 30.4 Å². The number of carbonyl (C=O) groups is 3. The number of nitrogens with one attached hydrogen (secondary N) is 1. The van der Waals surface area contributed by atoms with Gasteiger partial charge in [0.2, 0.25) is 0 Å². The Hall–Kier alpha value is -2.81. The number of allylic oxidation sites excluding steroid dienone is 3. The Morgan fingerprint density at radius 2 is 1.94 bits per heavy atom. The maximum Gasteiger partial charge on any atom is 0.336 e. The van der Waals surface area contributed by atoms with Crippen molar-refractivity contribution >= 4 is 33.7 Å². The van der Waals surface area contributed by atoms with Crippen molar-refractivity contribution in [1.82, 2.24) is 5.32 Å². The number of rotatable bonds is 6. The molecular formula is C24H28BrNO7. The Balaban J connectivity index is 2.26. The molecule has 0 spiro atoms. The molecule has 0 radical (unpaired) electrons. The predicted molar refractivity (Wildman–Crippen MR) is 124 cm³/mol. The first-order chi connectivity index (χ1) is 15.7. The molecule has 3 atom stereocenters. The second kappa shape index (κ2) is 9.99. The van der Waals surface area contributed by atoms with E-state index < -0.39 is 29.6 Å². The van der Waals surface area contributed by atoms with Crippen LogP contribution in [0, 0.1) is 11.8 Å². The van der Waals surface area contributed by atoms with Gasteiger partial charge in [0.15, 0.2) is 17.3 Å². The molecule has 3 rings (SSSR count). The second-order valence-electron chi connectivity index (χ2n) is 8.04. The van der Waals surface area contributed by atoms with E-state index in [0.717, 1.165) is 0 Å². The second-order valence-corrected chi connectivity index (χ2v) is 8.89. The summed E-state index contributed by atoms with van der Waals surface area (Å²) in [5.41, 5.74) is 2.35. The van der Waals surface area contributed by atoms with Gasteiger partial charge in [-0.3, -0.25) is 9.59 Å². The van der Waals surface area contributed by atoms with E-state index in [0.29, 0.717) is 40.0 Å². The van der Waals surface area contributed by atoms with Gasteiger partial charge in [-0.1, -0.05) is 6.92 Å². The van der Waals surface area contributed by atoms with Gasteiger partial charge in [0, 0.05) is 22.9 Å². The fraction of sp³-hybridized carbons (Fsp3) is 0.458. The molecule has 178 valence electrons. The van der Waals surface area contributed by atoms with Crippen LogP contribution in [0.25, 0.3) is 0 Å². The quantitative estimate of drug-likeness (QED) is 0.430. The smallest absolute Gasteiger partial charge is 0.336 e. The molecule has 33 heavy (non-hydrogen) atoms. The maximum absolute atomic E-state index is 13.7. The summed E-state index contributed by atoms with van der Waals surface area (Å²) in [5.74, 6) is -3.52. The number of phenolic OH excluding ortho intramolecular Hbond substituents is 1. The van der Waals surface area contributed by atoms with Crippen molar-refractivity contribution in [2.24, 2.45) is 11.8 Å².